The molecule has 6 nitrogen and oxygen atoms in total. The molecule has 1 aliphatic rings. The van der Waals surface area contributed by atoms with Crippen molar-refractivity contribution < 1.29 is 0 Å². The lowest BCUT2D eigenvalue weighted by Crippen LogP contribution is -2.05. The van der Waals surface area contributed by atoms with Gasteiger partial charge in [0.2, 0.25) is 0 Å². The number of halogens is 2. The number of aromatic nitrogens is 5. The summed E-state index contributed by atoms with van der Waals surface area (Å²) in [6, 6.07) is 9.52. The summed E-state index contributed by atoms with van der Waals surface area (Å²) in [5.74, 6) is 1.53. The summed E-state index contributed by atoms with van der Waals surface area (Å²) in [5, 5.41) is 23.9. The Morgan fingerprint density at radius 1 is 1.14 bits per heavy atom. The Morgan fingerprint density at radius 2 is 1.93 bits per heavy atom. The topological polar surface area (TPSA) is 72.3 Å². The first-order chi connectivity index (χ1) is 13.6. The molecule has 0 amide bonds. The number of nitriles is 1. The van der Waals surface area contributed by atoms with Crippen molar-refractivity contribution in [3.05, 3.63) is 57.3 Å². The number of allylic oxidation sites excluding steroid dienone is 1. The third-order valence-electron chi connectivity index (χ3n) is 4.88. The van der Waals surface area contributed by atoms with Crippen molar-refractivity contribution in [2.75, 3.05) is 0 Å². The molecule has 0 bridgehead atoms. The van der Waals surface area contributed by atoms with E-state index >= 15 is 0 Å². The van der Waals surface area contributed by atoms with Gasteiger partial charge in [0.05, 0.1) is 17.0 Å². The SMILES string of the molecule is Cc1nn(-c2ccc(Cl)cc2)c(Cl)c1C=C(C#N)c1nnc2n1CCCCC2. The first-order valence-corrected chi connectivity index (χ1v) is 9.89. The molecule has 2 aromatic heterocycles. The van der Waals surface area contributed by atoms with Gasteiger partial charge in [-0.1, -0.05) is 29.6 Å². The molecule has 0 N–H and O–H groups in total. The first-order valence-electron chi connectivity index (χ1n) is 9.14. The minimum Gasteiger partial charge on any atom is -0.310 e. The van der Waals surface area contributed by atoms with E-state index in [1.165, 1.54) is 0 Å². The summed E-state index contributed by atoms with van der Waals surface area (Å²) >= 11 is 12.6. The summed E-state index contributed by atoms with van der Waals surface area (Å²) in [4.78, 5) is 0. The molecule has 0 spiro atoms. The Labute approximate surface area is 173 Å². The molecule has 1 aromatic carbocycles. The first kappa shape index (κ1) is 18.7. The van der Waals surface area contributed by atoms with Crippen molar-refractivity contribution in [2.45, 2.75) is 39.2 Å². The monoisotopic (exact) mass is 412 g/mol. The van der Waals surface area contributed by atoms with Crippen LogP contribution in [0.4, 0.5) is 0 Å². The zero-order chi connectivity index (χ0) is 19.7. The van der Waals surface area contributed by atoms with E-state index in [0.29, 0.717) is 27.1 Å². The number of nitrogens with zero attached hydrogens (tertiary/aromatic N) is 6. The van der Waals surface area contributed by atoms with Crippen molar-refractivity contribution in [3.63, 3.8) is 0 Å². The Hall–Kier alpha value is -2.62. The molecule has 0 unspecified atom stereocenters. The van der Waals surface area contributed by atoms with Gasteiger partial charge in [-0.05, 0) is 50.1 Å². The molecule has 8 heteroatoms. The van der Waals surface area contributed by atoms with E-state index in [4.69, 9.17) is 23.2 Å². The molecular formula is C20H18Cl2N6. The van der Waals surface area contributed by atoms with Gasteiger partial charge in [0.15, 0.2) is 5.82 Å². The predicted molar refractivity (Wildman–Crippen MR) is 109 cm³/mol. The number of hydrogen-bond donors (Lipinski definition) is 0. The van der Waals surface area contributed by atoms with E-state index in [9.17, 15) is 5.26 Å². The molecule has 28 heavy (non-hydrogen) atoms. The van der Waals surface area contributed by atoms with Gasteiger partial charge in [-0.2, -0.15) is 10.4 Å². The molecule has 142 valence electrons. The van der Waals surface area contributed by atoms with Gasteiger partial charge in [-0.25, -0.2) is 4.68 Å². The Balaban J connectivity index is 1.77. The quantitative estimate of drug-likeness (QED) is 0.575. The molecule has 1 aliphatic heterocycles. The smallest absolute Gasteiger partial charge is 0.174 e. The van der Waals surface area contributed by atoms with Crippen molar-refractivity contribution in [1.29, 1.82) is 5.26 Å². The fraction of sp³-hybridized carbons (Fsp3) is 0.300. The summed E-state index contributed by atoms with van der Waals surface area (Å²) in [5.41, 5.74) is 2.65. The van der Waals surface area contributed by atoms with E-state index in [-0.39, 0.29) is 0 Å². The second kappa shape index (κ2) is 7.78. The van der Waals surface area contributed by atoms with E-state index in [0.717, 1.165) is 49.4 Å². The van der Waals surface area contributed by atoms with Crippen LogP contribution in [0.2, 0.25) is 10.2 Å². The second-order valence-corrected chi connectivity index (χ2v) is 7.54. The highest BCUT2D eigenvalue weighted by molar-refractivity contribution is 6.32. The lowest BCUT2D eigenvalue weighted by Gasteiger charge is -2.06. The zero-order valence-corrected chi connectivity index (χ0v) is 16.9. The minimum atomic E-state index is 0.432. The maximum Gasteiger partial charge on any atom is 0.174 e. The standard InChI is InChI=1S/C20H18Cl2N6/c1-13-17(19(22)28(26-13)16-8-6-15(21)7-9-16)11-14(12-23)20-25-24-18-5-3-2-4-10-27(18)20/h6-9,11H,2-5,10H2,1H3. The average molecular weight is 413 g/mol. The summed E-state index contributed by atoms with van der Waals surface area (Å²) in [6.07, 6.45) is 5.96. The molecule has 0 saturated carbocycles. The summed E-state index contributed by atoms with van der Waals surface area (Å²) in [7, 11) is 0. The number of rotatable bonds is 3. The predicted octanol–water partition coefficient (Wildman–Crippen LogP) is 4.87. The molecule has 4 rings (SSSR count). The molecule has 0 aliphatic carbocycles. The maximum absolute atomic E-state index is 9.78. The Morgan fingerprint density at radius 3 is 2.68 bits per heavy atom. The second-order valence-electron chi connectivity index (χ2n) is 6.75. The van der Waals surface area contributed by atoms with E-state index < -0.39 is 0 Å². The largest absolute Gasteiger partial charge is 0.310 e. The number of benzene rings is 1. The normalized spacial score (nSPS) is 14.4. The summed E-state index contributed by atoms with van der Waals surface area (Å²) in [6.45, 7) is 2.69. The molecule has 3 heterocycles. The Kier molecular flexibility index (Phi) is 5.21. The van der Waals surface area contributed by atoms with E-state index in [1.807, 2.05) is 19.1 Å². The molecule has 0 radical (unpaired) electrons. The fourth-order valence-electron chi connectivity index (χ4n) is 3.40. The van der Waals surface area contributed by atoms with Crippen LogP contribution >= 0.6 is 23.2 Å². The number of hydrogen-bond acceptors (Lipinski definition) is 4. The average Bonchev–Trinajstić information content (AvgIpc) is 3.11. The highest BCUT2D eigenvalue weighted by Gasteiger charge is 2.20. The lowest BCUT2D eigenvalue weighted by molar-refractivity contribution is 0.627. The van der Waals surface area contributed by atoms with Crippen molar-refractivity contribution >= 4 is 34.9 Å². The number of aryl methyl sites for hydroxylation is 2. The molecule has 3 aromatic rings. The third-order valence-corrected chi connectivity index (χ3v) is 5.49. The highest BCUT2D eigenvalue weighted by Crippen LogP contribution is 2.29. The van der Waals surface area contributed by atoms with Gasteiger partial charge in [-0.3, -0.25) is 0 Å². The van der Waals surface area contributed by atoms with Crippen LogP contribution in [0, 0.1) is 18.3 Å². The highest BCUT2D eigenvalue weighted by atomic mass is 35.5. The van der Waals surface area contributed by atoms with Crippen LogP contribution in [0.15, 0.2) is 24.3 Å². The third kappa shape index (κ3) is 3.44. The minimum absolute atomic E-state index is 0.432. The van der Waals surface area contributed by atoms with Gasteiger partial charge in [0.1, 0.15) is 17.0 Å². The lowest BCUT2D eigenvalue weighted by atomic mass is 10.1. The van der Waals surface area contributed by atoms with Crippen LogP contribution < -0.4 is 0 Å². The molecule has 0 fully saturated rings. The zero-order valence-electron chi connectivity index (χ0n) is 15.4. The number of fused-ring (bicyclic) bond motifs is 1. The Bertz CT molecular complexity index is 1090. The van der Waals surface area contributed by atoms with Crippen LogP contribution in [0.25, 0.3) is 17.3 Å². The van der Waals surface area contributed by atoms with Crippen LogP contribution in [-0.4, -0.2) is 24.5 Å². The van der Waals surface area contributed by atoms with Crippen LogP contribution in [0.1, 0.15) is 42.2 Å². The van der Waals surface area contributed by atoms with Crippen LogP contribution in [0.5, 0.6) is 0 Å². The van der Waals surface area contributed by atoms with E-state index in [2.05, 4.69) is 25.9 Å². The molecule has 0 atom stereocenters. The van der Waals surface area contributed by atoms with Gasteiger partial charge in [0, 0.05) is 23.6 Å². The maximum atomic E-state index is 9.78. The molecule has 0 saturated heterocycles. The van der Waals surface area contributed by atoms with Gasteiger partial charge in [-0.15, -0.1) is 10.2 Å². The van der Waals surface area contributed by atoms with Gasteiger partial charge < -0.3 is 4.57 Å². The van der Waals surface area contributed by atoms with Crippen molar-refractivity contribution in [1.82, 2.24) is 24.5 Å². The van der Waals surface area contributed by atoms with Crippen LogP contribution in [0.3, 0.4) is 0 Å². The van der Waals surface area contributed by atoms with Crippen LogP contribution in [-0.2, 0) is 13.0 Å². The van der Waals surface area contributed by atoms with Crippen molar-refractivity contribution in [3.8, 4) is 11.8 Å². The fourth-order valence-corrected chi connectivity index (χ4v) is 3.86. The van der Waals surface area contributed by atoms with Gasteiger partial charge in [0.25, 0.3) is 0 Å². The van der Waals surface area contributed by atoms with E-state index in [1.54, 1.807) is 22.9 Å². The summed E-state index contributed by atoms with van der Waals surface area (Å²) < 4.78 is 3.69. The molecular weight excluding hydrogens is 395 g/mol. The van der Waals surface area contributed by atoms with Gasteiger partial charge >= 0.3 is 0 Å². The van der Waals surface area contributed by atoms with Crippen molar-refractivity contribution in [2.24, 2.45) is 0 Å².